The van der Waals surface area contributed by atoms with Crippen molar-refractivity contribution in [2.45, 2.75) is 238 Å². The Hall–Kier alpha value is -7.79. The predicted octanol–water partition coefficient (Wildman–Crippen LogP) is 5.02. The van der Waals surface area contributed by atoms with Gasteiger partial charge in [0.25, 0.3) is 11.8 Å². The van der Waals surface area contributed by atoms with Crippen LogP contribution in [-0.4, -0.2) is 236 Å². The molecule has 2 aromatic carbocycles. The Balaban J connectivity index is 1.15. The number of ether oxygens (including phenoxy) is 13. The molecule has 32 nitrogen and oxygen atoms in total. The zero-order valence-corrected chi connectivity index (χ0v) is 63.0. The second-order valence-corrected chi connectivity index (χ2v) is 26.1. The lowest BCUT2D eigenvalue weighted by atomic mass is 9.96. The van der Waals surface area contributed by atoms with Gasteiger partial charge in [-0.1, -0.05) is 114 Å². The molecule has 2 saturated heterocycles. The van der Waals surface area contributed by atoms with E-state index >= 15 is 0 Å². The summed E-state index contributed by atoms with van der Waals surface area (Å²) in [5.41, 5.74) is 1.40. The number of hydrogen-bond donors (Lipinski definition) is 8. The minimum absolute atomic E-state index is 0.000528. The van der Waals surface area contributed by atoms with Crippen LogP contribution >= 0.6 is 0 Å². The van der Waals surface area contributed by atoms with Gasteiger partial charge < -0.3 is 104 Å². The number of rotatable bonds is 56. The van der Waals surface area contributed by atoms with Crippen LogP contribution in [0.1, 0.15) is 196 Å². The van der Waals surface area contributed by atoms with Crippen LogP contribution in [-0.2, 0) is 111 Å². The van der Waals surface area contributed by atoms with Crippen molar-refractivity contribution in [3.8, 4) is 0 Å². The fourth-order valence-electron chi connectivity index (χ4n) is 11.6. The molecule has 2 aliphatic rings. The van der Waals surface area contributed by atoms with E-state index in [2.05, 4.69) is 31.9 Å². The van der Waals surface area contributed by atoms with Crippen LogP contribution in [0.4, 0.5) is 5.69 Å². The first-order valence-electron chi connectivity index (χ1n) is 37.3. The second-order valence-electron chi connectivity index (χ2n) is 26.1. The maximum Gasteiger partial charge on any atom is 0.306 e. The zero-order chi connectivity index (χ0) is 78.0. The molecule has 0 spiro atoms. The Morgan fingerprint density at radius 1 is 0.411 bits per heavy atom. The van der Waals surface area contributed by atoms with Crippen LogP contribution in [0.15, 0.2) is 48.5 Å². The normalized spacial score (nSPS) is 19.6. The van der Waals surface area contributed by atoms with Gasteiger partial charge in [-0.05, 0) is 49.4 Å². The number of aliphatic hydroxyl groups excluding tert-OH is 2. The maximum atomic E-state index is 13.6. The van der Waals surface area contributed by atoms with Crippen LogP contribution in [0.25, 0.3) is 0 Å². The van der Waals surface area contributed by atoms with Crippen molar-refractivity contribution >= 4 is 71.0 Å². The summed E-state index contributed by atoms with van der Waals surface area (Å²) < 4.78 is 72.2. The first-order valence-corrected chi connectivity index (χ1v) is 37.3. The van der Waals surface area contributed by atoms with Gasteiger partial charge in [0.15, 0.2) is 24.8 Å². The molecule has 602 valence electrons. The first kappa shape index (κ1) is 91.6. The molecule has 0 aliphatic carbocycles. The molecule has 2 aliphatic heterocycles. The highest BCUT2D eigenvalue weighted by molar-refractivity contribution is 6.02. The van der Waals surface area contributed by atoms with E-state index in [4.69, 9.17) is 61.6 Å². The molecule has 0 radical (unpaired) electrons. The fraction of sp³-hybridized carbons (Fsp3) is 0.693. The van der Waals surface area contributed by atoms with Crippen molar-refractivity contribution in [3.63, 3.8) is 0 Å². The molecule has 8 N–H and O–H groups in total. The minimum Gasteiger partial charge on any atom is -0.463 e. The van der Waals surface area contributed by atoms with Crippen LogP contribution in [0.2, 0.25) is 0 Å². The Bertz CT molecular complexity index is 2980. The van der Waals surface area contributed by atoms with E-state index in [-0.39, 0.29) is 127 Å². The number of amides is 6. The van der Waals surface area contributed by atoms with E-state index in [1.165, 1.54) is 58.7 Å². The van der Waals surface area contributed by atoms with E-state index in [0.29, 0.717) is 32.4 Å². The van der Waals surface area contributed by atoms with E-state index < -0.39 is 115 Å². The highest BCUT2D eigenvalue weighted by Gasteiger charge is 2.51. The van der Waals surface area contributed by atoms with Gasteiger partial charge in [0.05, 0.1) is 66.1 Å². The number of aliphatic hydroxyl groups is 2. The van der Waals surface area contributed by atoms with Crippen molar-refractivity contribution in [2.75, 3.05) is 104 Å². The number of anilines is 1. The number of nitrogens with one attached hydrogen (secondary N) is 6. The van der Waals surface area contributed by atoms with E-state index in [1.54, 1.807) is 0 Å². The van der Waals surface area contributed by atoms with E-state index in [1.807, 2.05) is 30.3 Å². The molecule has 2 heterocycles. The number of carbonyl (C=O) groups excluding carboxylic acids is 11. The number of unbranched alkanes of at least 4 members (excludes halogenated alkanes) is 15. The summed E-state index contributed by atoms with van der Waals surface area (Å²) in [4.78, 5) is 136. The van der Waals surface area contributed by atoms with E-state index in [0.717, 1.165) is 109 Å². The number of esters is 5. The van der Waals surface area contributed by atoms with Gasteiger partial charge in [-0.2, -0.15) is 0 Å². The van der Waals surface area contributed by atoms with Crippen molar-refractivity contribution in [3.05, 3.63) is 65.2 Å². The molecule has 107 heavy (non-hydrogen) atoms. The quantitative estimate of drug-likeness (QED) is 0.0245. The van der Waals surface area contributed by atoms with Gasteiger partial charge in [0.1, 0.15) is 56.3 Å². The number of carbonyl (C=O) groups is 11. The lowest BCUT2D eigenvalue weighted by molar-refractivity contribution is -0.279. The molecule has 10 atom stereocenters. The van der Waals surface area contributed by atoms with Gasteiger partial charge in [-0.25, -0.2) is 0 Å². The highest BCUT2D eigenvalue weighted by atomic mass is 16.7. The molecule has 4 rings (SSSR count). The lowest BCUT2D eigenvalue weighted by Crippen LogP contribution is -2.66. The number of hydrogen-bond acceptors (Lipinski definition) is 26. The summed E-state index contributed by atoms with van der Waals surface area (Å²) in [7, 11) is 0. The summed E-state index contributed by atoms with van der Waals surface area (Å²) in [6, 6.07) is 11.7. The van der Waals surface area contributed by atoms with Crippen molar-refractivity contribution in [2.24, 2.45) is 0 Å². The molecular formula is C75H116N6O26. The number of benzene rings is 2. The molecule has 0 saturated carbocycles. The molecule has 32 heteroatoms. The molecular weight excluding hydrogens is 1400 g/mol. The minimum atomic E-state index is -1.49. The Labute approximate surface area is 627 Å². The topological polar surface area (TPSA) is 420 Å². The van der Waals surface area contributed by atoms with Gasteiger partial charge >= 0.3 is 29.8 Å². The van der Waals surface area contributed by atoms with Crippen LogP contribution < -0.4 is 31.9 Å². The maximum absolute atomic E-state index is 13.6. The van der Waals surface area contributed by atoms with Gasteiger partial charge in [-0.3, -0.25) is 52.7 Å². The predicted molar refractivity (Wildman–Crippen MR) is 385 cm³/mol. The summed E-state index contributed by atoms with van der Waals surface area (Å²) in [5, 5.41) is 37.7. The summed E-state index contributed by atoms with van der Waals surface area (Å²) in [5.74, 6) is -5.26. The average molecular weight is 1520 g/mol. The summed E-state index contributed by atoms with van der Waals surface area (Å²) in [6.07, 6.45) is 7.79. The smallest absolute Gasteiger partial charge is 0.306 e. The third-order valence-corrected chi connectivity index (χ3v) is 16.8. The van der Waals surface area contributed by atoms with Crippen molar-refractivity contribution in [1.82, 2.24) is 26.6 Å². The summed E-state index contributed by atoms with van der Waals surface area (Å²) in [6.45, 7) is 7.89. The van der Waals surface area contributed by atoms with E-state index in [9.17, 15) is 63.0 Å². The van der Waals surface area contributed by atoms with Crippen molar-refractivity contribution in [1.29, 1.82) is 0 Å². The fourth-order valence-corrected chi connectivity index (χ4v) is 11.6. The molecule has 6 amide bonds. The molecule has 2 fully saturated rings. The summed E-state index contributed by atoms with van der Waals surface area (Å²) >= 11 is 0. The Morgan fingerprint density at radius 2 is 0.841 bits per heavy atom. The molecule has 0 aromatic heterocycles. The van der Waals surface area contributed by atoms with Gasteiger partial charge in [0, 0.05) is 97.3 Å². The second kappa shape index (κ2) is 54.7. The average Bonchev–Trinajstić information content (AvgIpc) is 0.783. The Kier molecular flexibility index (Phi) is 46.9. The zero-order valence-electron chi connectivity index (χ0n) is 63.0. The Morgan fingerprint density at radius 3 is 1.35 bits per heavy atom. The molecule has 2 unspecified atom stereocenters. The third kappa shape index (κ3) is 40.8. The highest BCUT2D eigenvalue weighted by Crippen LogP contribution is 2.29. The van der Waals surface area contributed by atoms with Gasteiger partial charge in [-0.15, -0.1) is 0 Å². The molecule has 0 bridgehead atoms. The SMILES string of the molecule is CC(=O)N[C@@H]1C(OCCOCCOCCNC(=O)c2cc(NC(=O)CCCCCCCCCCC(=O)NCCCCCCCCCCCC(=O)OCc3ccccc3)cc(C(=O)NCCOCCOCCOC3O[C@H](COC(C)=O)[C@H](OC(C)=O)[C@H](OC(C)=O)[C@H]3NC(C)=O)c2)O[C@@H](COC(C)=O)[C@@H](O)[C@H]1O. The third-order valence-electron chi connectivity index (χ3n) is 16.8. The van der Waals surface area contributed by atoms with Crippen LogP contribution in [0, 0.1) is 0 Å². The standard InChI is InChI=1S/C75H116N6O26/c1-51(82)79-66-69(92)68(91)61(49-101-53(3)84)106-74(66)99-43-41-97-39-37-95-35-33-77-72(93)58-45-59(73(94)78-34-36-96-38-40-98-42-44-100-75-67(80-52(2)83)71(105-56(6)87)70(104-55(5)86)62(107-75)50-102-54(4)85)47-60(46-58)81-64(89)30-24-17-13-10-9-12-16-23-29-63(88)76-32-26-19-15-11-7-8-14-18-25-31-65(90)103-48-57-27-21-20-22-28-57/h20-22,27-28,45-47,61-62,66-71,74-75,91-92H,7-19,23-26,29-44,48-50H2,1-6H3,(H,76,88)(H,77,93)(H,78,94)(H,79,82)(H,80,83)(H,81,89)/t61-,62+,66-,67+,68+,69-,70-,71+,74?,75?/m0/s1. The molecule has 2 aromatic rings. The monoisotopic (exact) mass is 1520 g/mol. The van der Waals surface area contributed by atoms with Crippen molar-refractivity contribution < 1.29 is 125 Å². The van der Waals surface area contributed by atoms with Crippen LogP contribution in [0.5, 0.6) is 0 Å². The lowest BCUT2D eigenvalue weighted by Gasteiger charge is -2.44. The largest absolute Gasteiger partial charge is 0.463 e. The van der Waals surface area contributed by atoms with Crippen LogP contribution in [0.3, 0.4) is 0 Å². The van der Waals surface area contributed by atoms with Gasteiger partial charge in [0.2, 0.25) is 23.6 Å². The first-order chi connectivity index (χ1) is 51.5.